The Morgan fingerprint density at radius 1 is 1.19 bits per heavy atom. The topological polar surface area (TPSA) is 61.3 Å². The minimum Gasteiger partial charge on any atom is -0.388 e. The average Bonchev–Trinajstić information content (AvgIpc) is 2.31. The van der Waals surface area contributed by atoms with Crippen LogP contribution in [0.25, 0.3) is 0 Å². The van der Waals surface area contributed by atoms with Crippen LogP contribution in [0.15, 0.2) is 24.3 Å². The minimum atomic E-state index is -0.474. The van der Waals surface area contributed by atoms with E-state index >= 15 is 0 Å². The van der Waals surface area contributed by atoms with Crippen molar-refractivity contribution in [3.63, 3.8) is 0 Å². The quantitative estimate of drug-likeness (QED) is 0.815. The fourth-order valence-electron chi connectivity index (χ4n) is 1.17. The van der Waals surface area contributed by atoms with Crippen LogP contribution in [0.5, 0.6) is 0 Å². The highest BCUT2D eigenvalue weighted by Gasteiger charge is 2.02. The van der Waals surface area contributed by atoms with Gasteiger partial charge in [0.25, 0.3) is 0 Å². The third kappa shape index (κ3) is 6.50. The molecule has 0 fully saturated rings. The van der Waals surface area contributed by atoms with Gasteiger partial charge in [0.15, 0.2) is 0 Å². The number of alkyl halides is 1. The van der Waals surface area contributed by atoms with Gasteiger partial charge in [-0.3, -0.25) is 0 Å². The number of rotatable bonds is 4. The number of hydrogen-bond donors (Lipinski definition) is 2. The van der Waals surface area contributed by atoms with E-state index in [0.717, 1.165) is 11.1 Å². The maximum absolute atomic E-state index is 12.1. The van der Waals surface area contributed by atoms with Crippen molar-refractivity contribution in [3.05, 3.63) is 35.4 Å². The maximum atomic E-state index is 12.1. The molecule has 1 atom stereocenters. The summed E-state index contributed by atoms with van der Waals surface area (Å²) < 4.78 is 16.3. The Kier molecular flexibility index (Phi) is 8.71. The number of halogens is 1. The largest absolute Gasteiger partial charge is 0.388 e. The summed E-state index contributed by atoms with van der Waals surface area (Å²) in [6, 6.07) is 7.39. The van der Waals surface area contributed by atoms with E-state index in [0.29, 0.717) is 13.0 Å². The Hall–Kier alpha value is -0.970. The lowest BCUT2D eigenvalue weighted by Crippen LogP contribution is -2.24. The highest BCUT2D eigenvalue weighted by Crippen LogP contribution is 2.05. The predicted molar refractivity (Wildman–Crippen MR) is 64.9 cm³/mol. The molecule has 0 aliphatic carbocycles. The normalized spacial score (nSPS) is 11.6. The highest BCUT2D eigenvalue weighted by molar-refractivity contribution is 5.22. The third-order valence-corrected chi connectivity index (χ3v) is 1.95. The van der Waals surface area contributed by atoms with Gasteiger partial charge >= 0.3 is 0 Å². The standard InChI is InChI=1S/C10H15FN2.C2H6O/c11-6-10(13)5-8-1-3-9(7-12)4-2-8;1-3-2/h1-4,10H,5-7,12-13H2;1-2H3. The molecule has 16 heavy (non-hydrogen) atoms. The van der Waals surface area contributed by atoms with Gasteiger partial charge in [0.05, 0.1) is 0 Å². The second-order valence-electron chi connectivity index (χ2n) is 3.55. The predicted octanol–water partition coefficient (Wildman–Crippen LogP) is 1.25. The molecule has 1 rings (SSSR count). The zero-order chi connectivity index (χ0) is 12.4. The van der Waals surface area contributed by atoms with Crippen LogP contribution in [0.1, 0.15) is 11.1 Å². The Labute approximate surface area is 96.6 Å². The molecule has 4 heteroatoms. The van der Waals surface area contributed by atoms with Crippen LogP contribution in [-0.2, 0) is 17.7 Å². The number of methoxy groups -OCH3 is 1. The second-order valence-corrected chi connectivity index (χ2v) is 3.55. The zero-order valence-corrected chi connectivity index (χ0v) is 9.95. The van der Waals surface area contributed by atoms with E-state index in [1.807, 2.05) is 24.3 Å². The van der Waals surface area contributed by atoms with E-state index < -0.39 is 6.67 Å². The second kappa shape index (κ2) is 9.27. The molecule has 4 N–H and O–H groups in total. The summed E-state index contributed by atoms with van der Waals surface area (Å²) in [4.78, 5) is 0. The van der Waals surface area contributed by atoms with Crippen LogP contribution < -0.4 is 11.5 Å². The maximum Gasteiger partial charge on any atom is 0.105 e. The summed E-state index contributed by atoms with van der Waals surface area (Å²) in [7, 11) is 3.25. The summed E-state index contributed by atoms with van der Waals surface area (Å²) in [6.45, 7) is 0.0636. The first-order chi connectivity index (χ1) is 7.67. The lowest BCUT2D eigenvalue weighted by atomic mass is 10.1. The minimum absolute atomic E-state index is 0.385. The SMILES string of the molecule is COC.NCc1ccc(CC(N)CF)cc1. The summed E-state index contributed by atoms with van der Waals surface area (Å²) >= 11 is 0. The molecule has 0 spiro atoms. The number of ether oxygens (including phenoxy) is 1. The van der Waals surface area contributed by atoms with Gasteiger partial charge in [-0.25, -0.2) is 4.39 Å². The molecule has 1 aromatic rings. The molecule has 0 heterocycles. The molecule has 0 aliphatic heterocycles. The fourth-order valence-corrected chi connectivity index (χ4v) is 1.17. The molecular formula is C12H21FN2O. The molecule has 92 valence electrons. The molecule has 0 aromatic heterocycles. The van der Waals surface area contributed by atoms with Gasteiger partial charge in [-0.05, 0) is 17.5 Å². The molecule has 1 aromatic carbocycles. The first kappa shape index (κ1) is 15.0. The molecule has 0 bridgehead atoms. The Morgan fingerprint density at radius 3 is 2.00 bits per heavy atom. The van der Waals surface area contributed by atoms with E-state index in [-0.39, 0.29) is 6.04 Å². The smallest absolute Gasteiger partial charge is 0.105 e. The monoisotopic (exact) mass is 228 g/mol. The van der Waals surface area contributed by atoms with Gasteiger partial charge in [-0.2, -0.15) is 0 Å². The van der Waals surface area contributed by atoms with Crippen molar-refractivity contribution in [3.8, 4) is 0 Å². The van der Waals surface area contributed by atoms with Crippen LogP contribution in [0.4, 0.5) is 4.39 Å². The molecule has 0 saturated heterocycles. The summed E-state index contributed by atoms with van der Waals surface area (Å²) in [6.07, 6.45) is 0.585. The van der Waals surface area contributed by atoms with Crippen LogP contribution in [0.2, 0.25) is 0 Å². The Bertz CT molecular complexity index is 264. The molecule has 0 amide bonds. The van der Waals surface area contributed by atoms with Gasteiger partial charge in [0.1, 0.15) is 6.67 Å². The van der Waals surface area contributed by atoms with Crippen molar-refractivity contribution in [1.29, 1.82) is 0 Å². The van der Waals surface area contributed by atoms with Crippen molar-refractivity contribution in [2.75, 3.05) is 20.9 Å². The summed E-state index contributed by atoms with van der Waals surface area (Å²) in [5.41, 5.74) is 13.1. The van der Waals surface area contributed by atoms with E-state index in [9.17, 15) is 4.39 Å². The van der Waals surface area contributed by atoms with Crippen LogP contribution in [0, 0.1) is 0 Å². The zero-order valence-electron chi connectivity index (χ0n) is 9.95. The van der Waals surface area contributed by atoms with Crippen LogP contribution >= 0.6 is 0 Å². The van der Waals surface area contributed by atoms with Crippen molar-refractivity contribution >= 4 is 0 Å². The highest BCUT2D eigenvalue weighted by atomic mass is 19.1. The Morgan fingerprint density at radius 2 is 1.62 bits per heavy atom. The number of hydrogen-bond acceptors (Lipinski definition) is 3. The number of nitrogens with two attached hydrogens (primary N) is 2. The molecule has 0 radical (unpaired) electrons. The van der Waals surface area contributed by atoms with Gasteiger partial charge in [-0.1, -0.05) is 24.3 Å². The fraction of sp³-hybridized carbons (Fsp3) is 0.500. The van der Waals surface area contributed by atoms with Crippen molar-refractivity contribution in [2.45, 2.75) is 19.0 Å². The molecule has 3 nitrogen and oxygen atoms in total. The van der Waals surface area contributed by atoms with E-state index in [1.165, 1.54) is 0 Å². The lowest BCUT2D eigenvalue weighted by Gasteiger charge is -2.07. The average molecular weight is 228 g/mol. The van der Waals surface area contributed by atoms with Crippen LogP contribution in [-0.4, -0.2) is 26.9 Å². The van der Waals surface area contributed by atoms with Crippen molar-refractivity contribution in [1.82, 2.24) is 0 Å². The van der Waals surface area contributed by atoms with Gasteiger partial charge < -0.3 is 16.2 Å². The lowest BCUT2D eigenvalue weighted by molar-refractivity contribution is 0.277. The number of benzene rings is 1. The third-order valence-electron chi connectivity index (χ3n) is 1.95. The molecular weight excluding hydrogens is 207 g/mol. The van der Waals surface area contributed by atoms with E-state index in [1.54, 1.807) is 14.2 Å². The van der Waals surface area contributed by atoms with Gasteiger partial charge in [-0.15, -0.1) is 0 Å². The van der Waals surface area contributed by atoms with Crippen molar-refractivity contribution in [2.24, 2.45) is 11.5 Å². The summed E-state index contributed by atoms with van der Waals surface area (Å²) in [5, 5.41) is 0. The molecule has 0 saturated carbocycles. The van der Waals surface area contributed by atoms with E-state index in [2.05, 4.69) is 4.74 Å². The molecule has 1 unspecified atom stereocenters. The van der Waals surface area contributed by atoms with Crippen LogP contribution in [0.3, 0.4) is 0 Å². The first-order valence-electron chi connectivity index (χ1n) is 5.17. The van der Waals surface area contributed by atoms with Crippen molar-refractivity contribution < 1.29 is 9.13 Å². The molecule has 0 aliphatic rings. The Balaban J connectivity index is 0.000000673. The van der Waals surface area contributed by atoms with E-state index in [4.69, 9.17) is 11.5 Å². The first-order valence-corrected chi connectivity index (χ1v) is 5.17. The van der Waals surface area contributed by atoms with Gasteiger partial charge in [0, 0.05) is 26.8 Å². The summed E-state index contributed by atoms with van der Waals surface area (Å²) in [5.74, 6) is 0. The van der Waals surface area contributed by atoms with Gasteiger partial charge in [0.2, 0.25) is 0 Å².